The second-order valence-electron chi connectivity index (χ2n) is 6.62. The van der Waals surface area contributed by atoms with Crippen LogP contribution in [0.2, 0.25) is 0 Å². The second kappa shape index (κ2) is 7.73. The minimum absolute atomic E-state index is 0.0705. The summed E-state index contributed by atoms with van der Waals surface area (Å²) in [7, 11) is -3.87. The number of rotatable bonds is 3. The Kier molecular flexibility index (Phi) is 5.43. The van der Waals surface area contributed by atoms with Crippen LogP contribution in [-0.2, 0) is 16.2 Å². The lowest BCUT2D eigenvalue weighted by atomic mass is 10.1. The number of sulfonamides is 1. The summed E-state index contributed by atoms with van der Waals surface area (Å²) in [5, 5.41) is -0.585. The Morgan fingerprint density at radius 1 is 1.00 bits per heavy atom. The van der Waals surface area contributed by atoms with Gasteiger partial charge in [-0.2, -0.15) is 17.5 Å². The molecule has 0 spiro atoms. The van der Waals surface area contributed by atoms with E-state index in [2.05, 4.69) is 0 Å². The minimum Gasteiger partial charge on any atom is -0.490 e. The number of fused-ring (bicyclic) bond motifs is 1. The van der Waals surface area contributed by atoms with Gasteiger partial charge < -0.3 is 9.47 Å². The monoisotopic (exact) mass is 445 g/mol. The smallest absolute Gasteiger partial charge is 0.416 e. The zero-order chi connectivity index (χ0) is 20.6. The summed E-state index contributed by atoms with van der Waals surface area (Å²) in [5.41, 5.74) is -0.250. The third-order valence-electron chi connectivity index (χ3n) is 4.70. The summed E-state index contributed by atoms with van der Waals surface area (Å²) in [6.07, 6.45) is -3.73. The number of thioether (sulfide) groups is 1. The van der Waals surface area contributed by atoms with Gasteiger partial charge in [0.25, 0.3) is 0 Å². The van der Waals surface area contributed by atoms with Gasteiger partial charge in [-0.25, -0.2) is 8.42 Å². The summed E-state index contributed by atoms with van der Waals surface area (Å²) in [6.45, 7) is 1.20. The zero-order valence-electron chi connectivity index (χ0n) is 15.2. The van der Waals surface area contributed by atoms with E-state index in [9.17, 15) is 21.6 Å². The average Bonchev–Trinajstić information content (AvgIpc) is 3.07. The van der Waals surface area contributed by atoms with E-state index in [1.165, 1.54) is 40.3 Å². The van der Waals surface area contributed by atoms with Crippen LogP contribution in [0.3, 0.4) is 0 Å². The molecule has 1 unspecified atom stereocenters. The molecule has 0 radical (unpaired) electrons. The lowest BCUT2D eigenvalue weighted by molar-refractivity contribution is -0.137. The lowest BCUT2D eigenvalue weighted by Gasteiger charge is -2.24. The topological polar surface area (TPSA) is 55.8 Å². The fraction of sp³-hybridized carbons (Fsp3) is 0.368. The van der Waals surface area contributed by atoms with Gasteiger partial charge in [0.05, 0.1) is 29.0 Å². The molecule has 1 fully saturated rings. The first-order valence-electron chi connectivity index (χ1n) is 8.97. The van der Waals surface area contributed by atoms with Crippen LogP contribution in [0.1, 0.15) is 22.9 Å². The molecule has 2 aromatic rings. The SMILES string of the molecule is O=S(=O)(c1ccc2c(c1)OCCCO2)N1CCSC1c1ccc(C(F)(F)F)cc1. The van der Waals surface area contributed by atoms with Gasteiger partial charge in [0.2, 0.25) is 10.0 Å². The van der Waals surface area contributed by atoms with E-state index in [4.69, 9.17) is 9.47 Å². The van der Waals surface area contributed by atoms with Crippen molar-refractivity contribution in [2.24, 2.45) is 0 Å². The van der Waals surface area contributed by atoms with Crippen molar-refractivity contribution in [1.29, 1.82) is 0 Å². The summed E-state index contributed by atoms with van der Waals surface area (Å²) >= 11 is 1.38. The van der Waals surface area contributed by atoms with Crippen molar-refractivity contribution in [2.45, 2.75) is 22.9 Å². The van der Waals surface area contributed by atoms with Crippen LogP contribution in [0.4, 0.5) is 13.2 Å². The number of alkyl halides is 3. The van der Waals surface area contributed by atoms with Crippen molar-refractivity contribution in [3.8, 4) is 11.5 Å². The Balaban J connectivity index is 1.63. The fourth-order valence-electron chi connectivity index (χ4n) is 3.24. The number of nitrogens with zero attached hydrogens (tertiary/aromatic N) is 1. The molecule has 0 saturated carbocycles. The number of benzene rings is 2. The van der Waals surface area contributed by atoms with Crippen LogP contribution >= 0.6 is 11.8 Å². The highest BCUT2D eigenvalue weighted by Crippen LogP contribution is 2.43. The molecule has 0 bridgehead atoms. The number of hydrogen-bond donors (Lipinski definition) is 0. The van der Waals surface area contributed by atoms with Crippen molar-refractivity contribution < 1.29 is 31.1 Å². The number of ether oxygens (including phenoxy) is 2. The predicted molar refractivity (Wildman–Crippen MR) is 103 cm³/mol. The highest BCUT2D eigenvalue weighted by molar-refractivity contribution is 8.01. The summed E-state index contributed by atoms with van der Waals surface area (Å²) in [4.78, 5) is 0.0705. The van der Waals surface area contributed by atoms with Crippen molar-refractivity contribution in [1.82, 2.24) is 4.31 Å². The van der Waals surface area contributed by atoms with E-state index >= 15 is 0 Å². The summed E-state index contributed by atoms with van der Waals surface area (Å²) < 4.78 is 77.4. The van der Waals surface area contributed by atoms with Gasteiger partial charge in [0.1, 0.15) is 0 Å². The quantitative estimate of drug-likeness (QED) is 0.705. The van der Waals surface area contributed by atoms with Crippen LogP contribution in [0.25, 0.3) is 0 Å². The normalized spacial score (nSPS) is 20.4. The van der Waals surface area contributed by atoms with Crippen molar-refractivity contribution >= 4 is 21.8 Å². The third kappa shape index (κ3) is 4.06. The molecule has 29 heavy (non-hydrogen) atoms. The first-order chi connectivity index (χ1) is 13.8. The van der Waals surface area contributed by atoms with E-state index in [-0.39, 0.29) is 11.4 Å². The van der Waals surface area contributed by atoms with Gasteiger partial charge in [-0.3, -0.25) is 0 Å². The van der Waals surface area contributed by atoms with Gasteiger partial charge >= 0.3 is 6.18 Å². The molecule has 5 nitrogen and oxygen atoms in total. The minimum atomic E-state index is -4.43. The maximum absolute atomic E-state index is 13.3. The first kappa shape index (κ1) is 20.4. The summed E-state index contributed by atoms with van der Waals surface area (Å²) in [6, 6.07) is 9.12. The number of hydrogen-bond acceptors (Lipinski definition) is 5. The van der Waals surface area contributed by atoms with Gasteiger partial charge in [-0.15, -0.1) is 11.8 Å². The van der Waals surface area contributed by atoms with Crippen LogP contribution in [0.15, 0.2) is 47.4 Å². The third-order valence-corrected chi connectivity index (χ3v) is 7.95. The molecule has 1 saturated heterocycles. The van der Waals surface area contributed by atoms with Gasteiger partial charge in [0.15, 0.2) is 11.5 Å². The van der Waals surface area contributed by atoms with Crippen LogP contribution in [0.5, 0.6) is 11.5 Å². The van der Waals surface area contributed by atoms with Crippen LogP contribution in [-0.4, -0.2) is 38.2 Å². The average molecular weight is 445 g/mol. The molecule has 2 aliphatic rings. The van der Waals surface area contributed by atoms with Gasteiger partial charge in [-0.1, -0.05) is 12.1 Å². The van der Waals surface area contributed by atoms with Crippen molar-refractivity contribution in [3.05, 3.63) is 53.6 Å². The summed E-state index contributed by atoms with van der Waals surface area (Å²) in [5.74, 6) is 1.42. The number of halogens is 3. The molecule has 2 heterocycles. The molecule has 0 amide bonds. The Labute approximate surface area is 170 Å². The van der Waals surface area contributed by atoms with E-state index in [1.54, 1.807) is 6.07 Å². The van der Waals surface area contributed by atoms with Crippen LogP contribution < -0.4 is 9.47 Å². The Hall–Kier alpha value is -1.91. The highest BCUT2D eigenvalue weighted by Gasteiger charge is 2.38. The fourth-order valence-corrected chi connectivity index (χ4v) is 6.50. The Morgan fingerprint density at radius 3 is 2.38 bits per heavy atom. The highest BCUT2D eigenvalue weighted by atomic mass is 32.2. The molecule has 2 aliphatic heterocycles. The Morgan fingerprint density at radius 2 is 1.69 bits per heavy atom. The molecule has 4 rings (SSSR count). The van der Waals surface area contributed by atoms with E-state index in [0.29, 0.717) is 42.4 Å². The van der Waals surface area contributed by atoms with Gasteiger partial charge in [0, 0.05) is 24.8 Å². The molecule has 1 atom stereocenters. The first-order valence-corrected chi connectivity index (χ1v) is 11.5. The van der Waals surface area contributed by atoms with Gasteiger partial charge in [-0.05, 0) is 29.8 Å². The maximum Gasteiger partial charge on any atom is 0.416 e. The molecule has 0 aliphatic carbocycles. The molecular formula is C19H18F3NO4S2. The second-order valence-corrected chi connectivity index (χ2v) is 9.70. The molecular weight excluding hydrogens is 427 g/mol. The molecule has 156 valence electrons. The standard InChI is InChI=1S/C19H18F3NO4S2/c20-19(21,22)14-4-2-13(3-5-14)18-23(8-11-28-18)29(24,25)15-6-7-16-17(12-15)27-10-1-9-26-16/h2-7,12,18H,1,8-11H2. The zero-order valence-corrected chi connectivity index (χ0v) is 16.8. The van der Waals surface area contributed by atoms with E-state index in [1.807, 2.05) is 0 Å². The van der Waals surface area contributed by atoms with Crippen molar-refractivity contribution in [3.63, 3.8) is 0 Å². The molecule has 2 aromatic carbocycles. The van der Waals surface area contributed by atoms with Crippen LogP contribution in [0, 0.1) is 0 Å². The molecule has 0 N–H and O–H groups in total. The van der Waals surface area contributed by atoms with E-state index in [0.717, 1.165) is 12.1 Å². The largest absolute Gasteiger partial charge is 0.490 e. The van der Waals surface area contributed by atoms with E-state index < -0.39 is 27.1 Å². The maximum atomic E-state index is 13.3. The lowest BCUT2D eigenvalue weighted by Crippen LogP contribution is -2.30. The predicted octanol–water partition coefficient (Wildman–Crippen LogP) is 4.30. The van der Waals surface area contributed by atoms with Crippen molar-refractivity contribution in [2.75, 3.05) is 25.5 Å². The molecule has 10 heteroatoms. The molecule has 0 aromatic heterocycles. The Bertz CT molecular complexity index is 994.